The molecule has 0 N–H and O–H groups in total. The molecule has 1 heterocycles. The Kier molecular flexibility index (Phi) is 5.38. The maximum atomic E-state index is 10.6. The zero-order chi connectivity index (χ0) is 14.4. The van der Waals surface area contributed by atoms with E-state index in [4.69, 9.17) is 14.3 Å². The topological polar surface area (TPSA) is 51.1 Å². The van der Waals surface area contributed by atoms with Gasteiger partial charge in [-0.15, -0.1) is 0 Å². The first-order valence-electron chi connectivity index (χ1n) is 6.91. The number of hydrogen-bond donors (Lipinski definition) is 0. The smallest absolute Gasteiger partial charge is 0.302 e. The summed E-state index contributed by atoms with van der Waals surface area (Å²) in [6, 6.07) is 7.91. The normalized spacial score (nSPS) is 20.5. The number of hydrogen-bond acceptors (Lipinski definition) is 5. The van der Waals surface area contributed by atoms with Crippen LogP contribution < -0.4 is 4.74 Å². The lowest BCUT2D eigenvalue weighted by Crippen LogP contribution is -2.03. The summed E-state index contributed by atoms with van der Waals surface area (Å²) in [6.07, 6.45) is 3.05. The lowest BCUT2D eigenvalue weighted by atomic mass is 10.2. The molecule has 1 aromatic rings. The molecular formula is C15H21NO4. The number of rotatable bonds is 8. The van der Waals surface area contributed by atoms with E-state index < -0.39 is 0 Å². The summed E-state index contributed by atoms with van der Waals surface area (Å²) >= 11 is 0. The third kappa shape index (κ3) is 4.51. The fourth-order valence-electron chi connectivity index (χ4n) is 2.03. The molecule has 1 saturated heterocycles. The average molecular weight is 279 g/mol. The number of hydroxylamine groups is 2. The van der Waals surface area contributed by atoms with E-state index in [-0.39, 0.29) is 12.2 Å². The Bertz CT molecular complexity index is 432. The summed E-state index contributed by atoms with van der Waals surface area (Å²) in [6.45, 7) is 2.85. The summed E-state index contributed by atoms with van der Waals surface area (Å²) in [7, 11) is 1.66. The Morgan fingerprint density at radius 3 is 2.65 bits per heavy atom. The molecule has 110 valence electrons. The first-order valence-corrected chi connectivity index (χ1v) is 6.91. The number of ether oxygens (including phenoxy) is 2. The predicted molar refractivity (Wildman–Crippen MR) is 74.0 cm³/mol. The van der Waals surface area contributed by atoms with Crippen molar-refractivity contribution in [3.8, 4) is 5.75 Å². The van der Waals surface area contributed by atoms with Crippen LogP contribution >= 0.6 is 0 Å². The van der Waals surface area contributed by atoms with Gasteiger partial charge in [-0.25, -0.2) is 0 Å². The Labute approximate surface area is 119 Å². The van der Waals surface area contributed by atoms with Crippen molar-refractivity contribution in [2.24, 2.45) is 0 Å². The second-order valence-electron chi connectivity index (χ2n) is 4.77. The lowest BCUT2D eigenvalue weighted by molar-refractivity contribution is -0.141. The number of esters is 1. The summed E-state index contributed by atoms with van der Waals surface area (Å²) in [5.74, 6) is 0.644. The molecule has 1 aliphatic heterocycles. The van der Waals surface area contributed by atoms with Crippen LogP contribution in [0.3, 0.4) is 0 Å². The van der Waals surface area contributed by atoms with Crippen LogP contribution in [-0.2, 0) is 14.4 Å². The molecule has 0 saturated carbocycles. The molecule has 1 aliphatic rings. The first-order chi connectivity index (χ1) is 9.70. The fourth-order valence-corrected chi connectivity index (χ4v) is 2.03. The number of unbranched alkanes of at least 4 members (excludes halogenated alkanes) is 2. The van der Waals surface area contributed by atoms with Crippen LogP contribution in [0.4, 0.5) is 0 Å². The quantitative estimate of drug-likeness (QED) is 0.416. The highest BCUT2D eigenvalue weighted by molar-refractivity contribution is 5.65. The maximum Gasteiger partial charge on any atom is 0.302 e. The zero-order valence-electron chi connectivity index (χ0n) is 12.0. The first kappa shape index (κ1) is 14.8. The van der Waals surface area contributed by atoms with Crippen LogP contribution in [-0.4, -0.2) is 31.3 Å². The van der Waals surface area contributed by atoms with Crippen molar-refractivity contribution in [1.29, 1.82) is 0 Å². The zero-order valence-corrected chi connectivity index (χ0v) is 12.0. The molecule has 2 atom stereocenters. The van der Waals surface area contributed by atoms with Crippen molar-refractivity contribution in [1.82, 2.24) is 5.06 Å². The Balaban J connectivity index is 1.59. The van der Waals surface area contributed by atoms with Crippen molar-refractivity contribution >= 4 is 5.97 Å². The SMILES string of the molecule is COc1ccc(C2ON2CCCCCOC(C)=O)cc1. The van der Waals surface area contributed by atoms with Gasteiger partial charge in [0.05, 0.1) is 13.7 Å². The molecule has 0 spiro atoms. The Hall–Kier alpha value is -1.59. The minimum absolute atomic E-state index is 0.0781. The van der Waals surface area contributed by atoms with Gasteiger partial charge in [0.1, 0.15) is 5.75 Å². The van der Waals surface area contributed by atoms with Crippen molar-refractivity contribution in [2.45, 2.75) is 32.4 Å². The molecule has 1 aromatic carbocycles. The van der Waals surface area contributed by atoms with Crippen molar-refractivity contribution < 1.29 is 19.1 Å². The molecule has 0 bridgehead atoms. The van der Waals surface area contributed by atoms with Crippen LogP contribution in [0.25, 0.3) is 0 Å². The number of benzene rings is 1. The van der Waals surface area contributed by atoms with E-state index in [1.54, 1.807) is 7.11 Å². The molecule has 0 aliphatic carbocycles. The lowest BCUT2D eigenvalue weighted by Gasteiger charge is -2.02. The highest BCUT2D eigenvalue weighted by Gasteiger charge is 2.36. The van der Waals surface area contributed by atoms with E-state index in [0.29, 0.717) is 6.61 Å². The third-order valence-electron chi connectivity index (χ3n) is 3.18. The van der Waals surface area contributed by atoms with Gasteiger partial charge in [0, 0.05) is 13.5 Å². The third-order valence-corrected chi connectivity index (χ3v) is 3.18. The molecule has 0 radical (unpaired) electrons. The number of carbonyl (C=O) groups is 1. The standard InChI is InChI=1S/C15H21NO4/c1-12(17)19-11-5-3-4-10-16-15(20-16)13-6-8-14(18-2)9-7-13/h6-9,15H,3-5,10-11H2,1-2H3. The van der Waals surface area contributed by atoms with Crippen LogP contribution in [0, 0.1) is 0 Å². The minimum Gasteiger partial charge on any atom is -0.497 e. The number of nitrogens with zero attached hydrogens (tertiary/aromatic N) is 1. The summed E-state index contributed by atoms with van der Waals surface area (Å²) < 4.78 is 10.0. The fraction of sp³-hybridized carbons (Fsp3) is 0.533. The van der Waals surface area contributed by atoms with E-state index in [1.807, 2.05) is 29.3 Å². The molecule has 0 amide bonds. The van der Waals surface area contributed by atoms with Gasteiger partial charge in [0.2, 0.25) is 0 Å². The van der Waals surface area contributed by atoms with Crippen molar-refractivity contribution in [3.63, 3.8) is 0 Å². The van der Waals surface area contributed by atoms with Crippen molar-refractivity contribution in [2.75, 3.05) is 20.3 Å². The van der Waals surface area contributed by atoms with Gasteiger partial charge in [-0.2, -0.15) is 5.06 Å². The van der Waals surface area contributed by atoms with Gasteiger partial charge in [-0.1, -0.05) is 12.1 Å². The van der Waals surface area contributed by atoms with Crippen LogP contribution in [0.15, 0.2) is 24.3 Å². The maximum absolute atomic E-state index is 10.6. The molecule has 20 heavy (non-hydrogen) atoms. The summed E-state index contributed by atoms with van der Waals surface area (Å²) in [5.41, 5.74) is 1.14. The molecule has 1 fully saturated rings. The van der Waals surface area contributed by atoms with Crippen LogP contribution in [0.2, 0.25) is 0 Å². The van der Waals surface area contributed by atoms with Gasteiger partial charge in [-0.05, 0) is 37.0 Å². The highest BCUT2D eigenvalue weighted by atomic mass is 16.8. The molecule has 2 unspecified atom stereocenters. The Morgan fingerprint density at radius 2 is 2.00 bits per heavy atom. The summed E-state index contributed by atoms with van der Waals surface area (Å²) in [5, 5.41) is 1.97. The second kappa shape index (κ2) is 7.26. The van der Waals surface area contributed by atoms with Gasteiger partial charge in [0.15, 0.2) is 6.23 Å². The Morgan fingerprint density at radius 1 is 1.25 bits per heavy atom. The molecular weight excluding hydrogens is 258 g/mol. The van der Waals surface area contributed by atoms with E-state index in [0.717, 1.165) is 37.1 Å². The molecule has 5 nitrogen and oxygen atoms in total. The predicted octanol–water partition coefficient (Wildman–Crippen LogP) is 2.67. The van der Waals surface area contributed by atoms with Gasteiger partial charge < -0.3 is 9.47 Å². The van der Waals surface area contributed by atoms with E-state index in [1.165, 1.54) is 6.92 Å². The van der Waals surface area contributed by atoms with Crippen LogP contribution in [0.1, 0.15) is 38.0 Å². The largest absolute Gasteiger partial charge is 0.497 e. The van der Waals surface area contributed by atoms with E-state index in [2.05, 4.69) is 0 Å². The van der Waals surface area contributed by atoms with Crippen molar-refractivity contribution in [3.05, 3.63) is 29.8 Å². The monoisotopic (exact) mass is 279 g/mol. The van der Waals surface area contributed by atoms with E-state index >= 15 is 0 Å². The van der Waals surface area contributed by atoms with Crippen LogP contribution in [0.5, 0.6) is 5.75 Å². The van der Waals surface area contributed by atoms with Gasteiger partial charge in [0.25, 0.3) is 0 Å². The van der Waals surface area contributed by atoms with Gasteiger partial charge in [-0.3, -0.25) is 9.63 Å². The second-order valence-corrected chi connectivity index (χ2v) is 4.77. The highest BCUT2D eigenvalue weighted by Crippen LogP contribution is 2.37. The average Bonchev–Trinajstić information content (AvgIpc) is 3.22. The minimum atomic E-state index is -0.209. The summed E-state index contributed by atoms with van der Waals surface area (Å²) in [4.78, 5) is 16.1. The van der Waals surface area contributed by atoms with E-state index in [9.17, 15) is 4.79 Å². The molecule has 2 rings (SSSR count). The molecule has 5 heteroatoms. The molecule has 0 aromatic heterocycles. The van der Waals surface area contributed by atoms with Gasteiger partial charge >= 0.3 is 5.97 Å². The number of methoxy groups -OCH3 is 1. The number of carbonyl (C=O) groups excluding carboxylic acids is 1.